The molecule has 0 unspecified atom stereocenters. The van der Waals surface area contributed by atoms with Gasteiger partial charge in [0.15, 0.2) is 6.61 Å². The number of carbonyl (C=O) groups is 1. The standard InChI is InChI=1S/C19H30N2O2/c1-14(2)11-21(12-15(3)4)19(22)13-23-18-9-10-20-17-8-6-5-7-16(17)18/h9-10,14-15H,5-8,11-13H2,1-4H3. The number of ether oxygens (including phenoxy) is 1. The molecule has 0 N–H and O–H groups in total. The summed E-state index contributed by atoms with van der Waals surface area (Å²) in [4.78, 5) is 18.9. The monoisotopic (exact) mass is 318 g/mol. The Labute approximate surface area is 140 Å². The van der Waals surface area contributed by atoms with E-state index in [0.717, 1.165) is 37.4 Å². The van der Waals surface area contributed by atoms with Crippen LogP contribution in [0.4, 0.5) is 0 Å². The summed E-state index contributed by atoms with van der Waals surface area (Å²) in [5.41, 5.74) is 2.34. The normalized spacial score (nSPS) is 14.0. The minimum atomic E-state index is 0.0776. The molecule has 23 heavy (non-hydrogen) atoms. The van der Waals surface area contributed by atoms with Gasteiger partial charge in [-0.2, -0.15) is 0 Å². The molecular weight excluding hydrogens is 288 g/mol. The van der Waals surface area contributed by atoms with Crippen molar-refractivity contribution in [3.05, 3.63) is 23.5 Å². The van der Waals surface area contributed by atoms with Gasteiger partial charge >= 0.3 is 0 Å². The molecule has 0 fully saturated rings. The van der Waals surface area contributed by atoms with E-state index in [9.17, 15) is 4.79 Å². The van der Waals surface area contributed by atoms with Gasteiger partial charge in [-0.15, -0.1) is 0 Å². The van der Waals surface area contributed by atoms with Crippen molar-refractivity contribution in [3.63, 3.8) is 0 Å². The first kappa shape index (κ1) is 17.8. The third kappa shape index (κ3) is 5.22. The third-order valence-corrected chi connectivity index (χ3v) is 4.07. The van der Waals surface area contributed by atoms with Crippen LogP contribution in [0.3, 0.4) is 0 Å². The highest BCUT2D eigenvalue weighted by atomic mass is 16.5. The summed E-state index contributed by atoms with van der Waals surface area (Å²) >= 11 is 0. The van der Waals surface area contributed by atoms with Gasteiger partial charge in [-0.3, -0.25) is 9.78 Å². The molecular formula is C19H30N2O2. The molecule has 1 aromatic heterocycles. The van der Waals surface area contributed by atoms with E-state index in [-0.39, 0.29) is 12.5 Å². The summed E-state index contributed by atoms with van der Waals surface area (Å²) in [6.45, 7) is 10.3. The maximum Gasteiger partial charge on any atom is 0.260 e. The number of pyridine rings is 1. The first-order valence-electron chi connectivity index (χ1n) is 8.84. The molecule has 0 atom stereocenters. The van der Waals surface area contributed by atoms with E-state index in [1.54, 1.807) is 6.20 Å². The summed E-state index contributed by atoms with van der Waals surface area (Å²) in [7, 11) is 0. The summed E-state index contributed by atoms with van der Waals surface area (Å²) in [6.07, 6.45) is 6.19. The van der Waals surface area contributed by atoms with Crippen LogP contribution in [0.15, 0.2) is 12.3 Å². The molecule has 1 heterocycles. The Morgan fingerprint density at radius 2 is 1.83 bits per heavy atom. The number of aryl methyl sites for hydroxylation is 1. The molecule has 4 nitrogen and oxygen atoms in total. The van der Waals surface area contributed by atoms with Gasteiger partial charge in [-0.25, -0.2) is 0 Å². The molecule has 0 saturated carbocycles. The van der Waals surface area contributed by atoms with Gasteiger partial charge in [0.2, 0.25) is 0 Å². The molecule has 0 saturated heterocycles. The molecule has 1 aromatic rings. The highest BCUT2D eigenvalue weighted by molar-refractivity contribution is 5.77. The van der Waals surface area contributed by atoms with E-state index in [0.29, 0.717) is 11.8 Å². The topological polar surface area (TPSA) is 42.4 Å². The fourth-order valence-electron chi connectivity index (χ4n) is 3.12. The second-order valence-corrected chi connectivity index (χ2v) is 7.32. The minimum absolute atomic E-state index is 0.0776. The van der Waals surface area contributed by atoms with Crippen LogP contribution in [0.2, 0.25) is 0 Å². The van der Waals surface area contributed by atoms with Crippen LogP contribution in [-0.4, -0.2) is 35.5 Å². The van der Waals surface area contributed by atoms with Crippen molar-refractivity contribution < 1.29 is 9.53 Å². The van der Waals surface area contributed by atoms with Gasteiger partial charge in [-0.05, 0) is 43.6 Å². The lowest BCUT2D eigenvalue weighted by Crippen LogP contribution is -2.39. The van der Waals surface area contributed by atoms with Gasteiger partial charge in [0.05, 0.1) is 0 Å². The van der Waals surface area contributed by atoms with Gasteiger partial charge in [0, 0.05) is 30.5 Å². The van der Waals surface area contributed by atoms with Crippen LogP contribution in [0.5, 0.6) is 5.75 Å². The lowest BCUT2D eigenvalue weighted by molar-refractivity contribution is -0.134. The maximum atomic E-state index is 12.5. The fourth-order valence-corrected chi connectivity index (χ4v) is 3.12. The average molecular weight is 318 g/mol. The van der Waals surface area contributed by atoms with Crippen LogP contribution >= 0.6 is 0 Å². The van der Waals surface area contributed by atoms with E-state index in [4.69, 9.17) is 4.74 Å². The number of rotatable bonds is 7. The van der Waals surface area contributed by atoms with Crippen molar-refractivity contribution in [2.45, 2.75) is 53.4 Å². The van der Waals surface area contributed by atoms with Crippen LogP contribution in [-0.2, 0) is 17.6 Å². The molecule has 1 amide bonds. The molecule has 128 valence electrons. The van der Waals surface area contributed by atoms with Gasteiger partial charge in [-0.1, -0.05) is 27.7 Å². The van der Waals surface area contributed by atoms with E-state index >= 15 is 0 Å². The zero-order chi connectivity index (χ0) is 16.8. The van der Waals surface area contributed by atoms with E-state index in [2.05, 4.69) is 32.7 Å². The van der Waals surface area contributed by atoms with Crippen molar-refractivity contribution in [2.24, 2.45) is 11.8 Å². The molecule has 0 aromatic carbocycles. The number of carbonyl (C=O) groups excluding carboxylic acids is 1. The maximum absolute atomic E-state index is 12.5. The Kier molecular flexibility index (Phi) is 6.43. The van der Waals surface area contributed by atoms with Crippen molar-refractivity contribution in [3.8, 4) is 5.75 Å². The van der Waals surface area contributed by atoms with Crippen LogP contribution in [0, 0.1) is 11.8 Å². The van der Waals surface area contributed by atoms with Crippen molar-refractivity contribution in [1.82, 2.24) is 9.88 Å². The smallest absolute Gasteiger partial charge is 0.260 e. The van der Waals surface area contributed by atoms with E-state index in [1.165, 1.54) is 18.4 Å². The van der Waals surface area contributed by atoms with Gasteiger partial charge in [0.25, 0.3) is 5.91 Å². The number of nitrogens with zero attached hydrogens (tertiary/aromatic N) is 2. The molecule has 0 radical (unpaired) electrons. The summed E-state index contributed by atoms with van der Waals surface area (Å²) in [5.74, 6) is 1.85. The first-order chi connectivity index (χ1) is 11.0. The predicted octanol–water partition coefficient (Wildman–Crippen LogP) is 3.48. The van der Waals surface area contributed by atoms with Crippen molar-refractivity contribution >= 4 is 5.91 Å². The Bertz CT molecular complexity index is 516. The number of hydrogen-bond acceptors (Lipinski definition) is 3. The van der Waals surface area contributed by atoms with Crippen LogP contribution in [0.25, 0.3) is 0 Å². The predicted molar refractivity (Wildman–Crippen MR) is 92.6 cm³/mol. The van der Waals surface area contributed by atoms with E-state index < -0.39 is 0 Å². The highest BCUT2D eigenvalue weighted by Crippen LogP contribution is 2.27. The SMILES string of the molecule is CC(C)CN(CC(C)C)C(=O)COc1ccnc2c1CCCC2. The second-order valence-electron chi connectivity index (χ2n) is 7.32. The summed E-state index contributed by atoms with van der Waals surface area (Å²) < 4.78 is 5.88. The lowest BCUT2D eigenvalue weighted by Gasteiger charge is -2.27. The van der Waals surface area contributed by atoms with Crippen LogP contribution < -0.4 is 4.74 Å². The number of amides is 1. The number of aromatic nitrogens is 1. The molecule has 2 rings (SSSR count). The zero-order valence-electron chi connectivity index (χ0n) is 15.0. The molecule has 1 aliphatic carbocycles. The Balaban J connectivity index is 1.99. The highest BCUT2D eigenvalue weighted by Gasteiger charge is 2.19. The fraction of sp³-hybridized carbons (Fsp3) is 0.684. The summed E-state index contributed by atoms with van der Waals surface area (Å²) in [6, 6.07) is 1.90. The third-order valence-electron chi connectivity index (χ3n) is 4.07. The number of fused-ring (bicyclic) bond motifs is 1. The summed E-state index contributed by atoms with van der Waals surface area (Å²) in [5, 5.41) is 0. The first-order valence-corrected chi connectivity index (χ1v) is 8.84. The average Bonchev–Trinajstić information content (AvgIpc) is 2.51. The van der Waals surface area contributed by atoms with Crippen LogP contribution in [0.1, 0.15) is 51.8 Å². The quantitative estimate of drug-likeness (QED) is 0.773. The van der Waals surface area contributed by atoms with E-state index in [1.807, 2.05) is 11.0 Å². The molecule has 0 bridgehead atoms. The lowest BCUT2D eigenvalue weighted by atomic mass is 9.95. The minimum Gasteiger partial charge on any atom is -0.483 e. The van der Waals surface area contributed by atoms with Crippen molar-refractivity contribution in [2.75, 3.05) is 19.7 Å². The van der Waals surface area contributed by atoms with Gasteiger partial charge < -0.3 is 9.64 Å². The zero-order valence-corrected chi connectivity index (χ0v) is 15.0. The second kappa shape index (κ2) is 8.32. The Morgan fingerprint density at radius 3 is 2.48 bits per heavy atom. The molecule has 4 heteroatoms. The Hall–Kier alpha value is -1.58. The van der Waals surface area contributed by atoms with Gasteiger partial charge in [0.1, 0.15) is 5.75 Å². The molecule has 0 spiro atoms. The molecule has 0 aliphatic heterocycles. The molecule has 1 aliphatic rings. The Morgan fingerprint density at radius 1 is 1.17 bits per heavy atom. The van der Waals surface area contributed by atoms with Crippen molar-refractivity contribution in [1.29, 1.82) is 0 Å². The largest absolute Gasteiger partial charge is 0.483 e. The number of hydrogen-bond donors (Lipinski definition) is 0.